The van der Waals surface area contributed by atoms with Crippen LogP contribution in [0.5, 0.6) is 11.5 Å². The number of alkyl halides is 3. The number of aromatic nitrogens is 1. The number of pyridine rings is 1. The fourth-order valence-electron chi connectivity index (χ4n) is 2.10. The highest BCUT2D eigenvalue weighted by molar-refractivity contribution is 9.10. The minimum absolute atomic E-state index is 0.157. The molecule has 0 spiro atoms. The van der Waals surface area contributed by atoms with Crippen LogP contribution in [0.2, 0.25) is 5.02 Å². The molecule has 2 rings (SSSR count). The number of benzene rings is 1. The van der Waals surface area contributed by atoms with Crippen LogP contribution in [0.25, 0.3) is 0 Å². The van der Waals surface area contributed by atoms with Crippen molar-refractivity contribution in [3.8, 4) is 11.5 Å². The standard InChI is InChI=1S/C15H12BrClF3NO3/c1-23-12-5-10(16)13(24-2)3-8(12)6-21-7-9(15(18,19)20)4-11(17)14(21)22/h3-5,7H,6H2,1-2H3. The first-order valence-corrected chi connectivity index (χ1v) is 7.72. The zero-order valence-electron chi connectivity index (χ0n) is 12.6. The van der Waals surface area contributed by atoms with E-state index < -0.39 is 22.3 Å². The average Bonchev–Trinajstić information content (AvgIpc) is 2.51. The lowest BCUT2D eigenvalue weighted by Crippen LogP contribution is -2.23. The van der Waals surface area contributed by atoms with E-state index in [9.17, 15) is 18.0 Å². The lowest BCUT2D eigenvalue weighted by atomic mass is 10.1. The van der Waals surface area contributed by atoms with E-state index in [-0.39, 0.29) is 6.54 Å². The molecule has 0 saturated carbocycles. The van der Waals surface area contributed by atoms with Gasteiger partial charge < -0.3 is 14.0 Å². The van der Waals surface area contributed by atoms with Gasteiger partial charge in [-0.3, -0.25) is 4.79 Å². The molecule has 9 heteroatoms. The Labute approximate surface area is 148 Å². The van der Waals surface area contributed by atoms with Gasteiger partial charge in [0, 0.05) is 11.8 Å². The van der Waals surface area contributed by atoms with E-state index in [0.717, 1.165) is 10.8 Å². The van der Waals surface area contributed by atoms with E-state index in [1.54, 1.807) is 12.1 Å². The molecule has 0 aliphatic carbocycles. The van der Waals surface area contributed by atoms with Crippen LogP contribution in [-0.2, 0) is 12.7 Å². The minimum atomic E-state index is -4.61. The van der Waals surface area contributed by atoms with Crippen molar-refractivity contribution in [3.63, 3.8) is 0 Å². The molecule has 130 valence electrons. The first-order valence-electron chi connectivity index (χ1n) is 6.55. The third-order valence-electron chi connectivity index (χ3n) is 3.27. The van der Waals surface area contributed by atoms with Gasteiger partial charge in [-0.05, 0) is 34.1 Å². The molecule has 1 heterocycles. The predicted octanol–water partition coefficient (Wildman–Crippen LogP) is 4.35. The first-order chi connectivity index (χ1) is 11.2. The zero-order valence-corrected chi connectivity index (χ0v) is 14.9. The largest absolute Gasteiger partial charge is 0.496 e. The van der Waals surface area contributed by atoms with Gasteiger partial charge in [-0.15, -0.1) is 0 Å². The molecule has 0 atom stereocenters. The van der Waals surface area contributed by atoms with Gasteiger partial charge in [0.25, 0.3) is 5.56 Å². The Balaban J connectivity index is 2.56. The second-order valence-corrected chi connectivity index (χ2v) is 6.07. The zero-order chi connectivity index (χ0) is 18.1. The van der Waals surface area contributed by atoms with Gasteiger partial charge in [-0.2, -0.15) is 13.2 Å². The maximum Gasteiger partial charge on any atom is 0.417 e. The summed E-state index contributed by atoms with van der Waals surface area (Å²) in [7, 11) is 2.86. The fourth-order valence-corrected chi connectivity index (χ4v) is 2.81. The summed E-state index contributed by atoms with van der Waals surface area (Å²) in [6.45, 7) is -0.157. The van der Waals surface area contributed by atoms with E-state index in [0.29, 0.717) is 27.6 Å². The van der Waals surface area contributed by atoms with Crippen LogP contribution in [0.1, 0.15) is 11.1 Å². The summed E-state index contributed by atoms with van der Waals surface area (Å²) in [5, 5.41) is -0.507. The molecule has 0 radical (unpaired) electrons. The molecule has 4 nitrogen and oxygen atoms in total. The number of rotatable bonds is 4. The SMILES string of the molecule is COc1cc(Cn2cc(C(F)(F)F)cc(Cl)c2=O)c(OC)cc1Br. The number of hydrogen-bond acceptors (Lipinski definition) is 3. The van der Waals surface area contributed by atoms with Crippen molar-refractivity contribution >= 4 is 27.5 Å². The highest BCUT2D eigenvalue weighted by atomic mass is 79.9. The van der Waals surface area contributed by atoms with Crippen LogP contribution in [-0.4, -0.2) is 18.8 Å². The van der Waals surface area contributed by atoms with E-state index in [1.807, 2.05) is 0 Å². The van der Waals surface area contributed by atoms with Gasteiger partial charge in [0.1, 0.15) is 16.5 Å². The van der Waals surface area contributed by atoms with Crippen LogP contribution in [0, 0.1) is 0 Å². The number of hydrogen-bond donors (Lipinski definition) is 0. The molecule has 0 saturated heterocycles. The summed E-state index contributed by atoms with van der Waals surface area (Å²) in [4.78, 5) is 12.1. The molecule has 0 aliphatic rings. The molecule has 24 heavy (non-hydrogen) atoms. The molecule has 0 fully saturated rings. The summed E-state index contributed by atoms with van der Waals surface area (Å²) >= 11 is 8.94. The Morgan fingerprint density at radius 3 is 2.33 bits per heavy atom. The molecule has 0 aliphatic heterocycles. The number of nitrogens with zero attached hydrogens (tertiary/aromatic N) is 1. The summed E-state index contributed by atoms with van der Waals surface area (Å²) in [5.74, 6) is 0.847. The topological polar surface area (TPSA) is 40.5 Å². The molecule has 0 N–H and O–H groups in total. The van der Waals surface area contributed by atoms with E-state index in [1.165, 1.54) is 14.2 Å². The van der Waals surface area contributed by atoms with Crippen LogP contribution < -0.4 is 15.0 Å². The monoisotopic (exact) mass is 425 g/mol. The Hall–Kier alpha value is -1.67. The molecular weight excluding hydrogens is 415 g/mol. The Morgan fingerprint density at radius 2 is 1.79 bits per heavy atom. The molecule has 0 unspecified atom stereocenters. The van der Waals surface area contributed by atoms with E-state index in [4.69, 9.17) is 21.1 Å². The number of ether oxygens (including phenoxy) is 2. The van der Waals surface area contributed by atoms with Crippen molar-refractivity contribution in [2.24, 2.45) is 0 Å². The molecule has 1 aromatic heterocycles. The smallest absolute Gasteiger partial charge is 0.417 e. The molecule has 2 aromatic rings. The highest BCUT2D eigenvalue weighted by Crippen LogP contribution is 2.34. The minimum Gasteiger partial charge on any atom is -0.496 e. The number of methoxy groups -OCH3 is 2. The third-order valence-corrected chi connectivity index (χ3v) is 4.16. The van der Waals surface area contributed by atoms with E-state index in [2.05, 4.69) is 15.9 Å². The Bertz CT molecular complexity index is 821. The summed E-state index contributed by atoms with van der Waals surface area (Å²) in [6, 6.07) is 3.79. The van der Waals surface area contributed by atoms with Crippen molar-refractivity contribution in [3.05, 3.63) is 55.4 Å². The fraction of sp³-hybridized carbons (Fsp3) is 0.267. The van der Waals surface area contributed by atoms with Gasteiger partial charge in [0.05, 0.1) is 30.8 Å². The van der Waals surface area contributed by atoms with Crippen molar-refractivity contribution in [2.45, 2.75) is 12.7 Å². The second-order valence-electron chi connectivity index (χ2n) is 4.81. The van der Waals surface area contributed by atoms with E-state index >= 15 is 0 Å². The van der Waals surface area contributed by atoms with Crippen LogP contribution in [0.15, 0.2) is 33.7 Å². The Kier molecular flexibility index (Phi) is 5.49. The average molecular weight is 427 g/mol. The molecular formula is C15H12BrClF3NO3. The molecule has 0 amide bonds. The maximum absolute atomic E-state index is 12.9. The quantitative estimate of drug-likeness (QED) is 0.730. The number of halogens is 5. The van der Waals surface area contributed by atoms with Crippen LogP contribution >= 0.6 is 27.5 Å². The first kappa shape index (κ1) is 18.7. The van der Waals surface area contributed by atoms with Gasteiger partial charge >= 0.3 is 6.18 Å². The van der Waals surface area contributed by atoms with Gasteiger partial charge in [0.15, 0.2) is 0 Å². The van der Waals surface area contributed by atoms with Crippen LogP contribution in [0.4, 0.5) is 13.2 Å². The normalized spacial score (nSPS) is 11.5. The second kappa shape index (κ2) is 7.06. The van der Waals surface area contributed by atoms with Gasteiger partial charge in [-0.1, -0.05) is 11.6 Å². The van der Waals surface area contributed by atoms with Crippen molar-refractivity contribution in [1.82, 2.24) is 4.57 Å². The van der Waals surface area contributed by atoms with Gasteiger partial charge in [0.2, 0.25) is 0 Å². The van der Waals surface area contributed by atoms with Crippen molar-refractivity contribution < 1.29 is 22.6 Å². The lowest BCUT2D eigenvalue weighted by molar-refractivity contribution is -0.138. The predicted molar refractivity (Wildman–Crippen MR) is 87.1 cm³/mol. The summed E-state index contributed by atoms with van der Waals surface area (Å²) in [6.07, 6.45) is -3.89. The summed E-state index contributed by atoms with van der Waals surface area (Å²) in [5.41, 5.74) is -1.27. The highest BCUT2D eigenvalue weighted by Gasteiger charge is 2.32. The lowest BCUT2D eigenvalue weighted by Gasteiger charge is -2.15. The molecule has 1 aromatic carbocycles. The van der Waals surface area contributed by atoms with Crippen molar-refractivity contribution in [1.29, 1.82) is 0 Å². The van der Waals surface area contributed by atoms with Crippen molar-refractivity contribution in [2.75, 3.05) is 14.2 Å². The summed E-state index contributed by atoms with van der Waals surface area (Å²) < 4.78 is 50.6. The maximum atomic E-state index is 12.9. The van der Waals surface area contributed by atoms with Gasteiger partial charge in [-0.25, -0.2) is 0 Å². The third kappa shape index (κ3) is 3.87. The molecule has 0 bridgehead atoms. The van der Waals surface area contributed by atoms with Crippen LogP contribution in [0.3, 0.4) is 0 Å². The Morgan fingerprint density at radius 1 is 1.17 bits per heavy atom.